The molecule has 7 rings (SSSR count). The van der Waals surface area contributed by atoms with Gasteiger partial charge in [0.05, 0.1) is 31.5 Å². The number of rotatable bonds is 14. The van der Waals surface area contributed by atoms with Crippen molar-refractivity contribution in [2.75, 3.05) is 13.7 Å². The fourth-order valence-electron chi connectivity index (χ4n) is 10.1. The summed E-state index contributed by atoms with van der Waals surface area (Å²) in [5.74, 6) is 0.366. The van der Waals surface area contributed by atoms with Gasteiger partial charge in [-0.15, -0.1) is 0 Å². The number of ether oxygens (including phenoxy) is 1. The molecule has 0 spiro atoms. The Morgan fingerprint density at radius 3 is 1.93 bits per heavy atom. The van der Waals surface area contributed by atoms with Gasteiger partial charge in [0.15, 0.2) is 5.78 Å². The van der Waals surface area contributed by atoms with Crippen molar-refractivity contribution in [3.05, 3.63) is 72.1 Å². The number of hydrogen-bond donors (Lipinski definition) is 1. The highest BCUT2D eigenvalue weighted by Crippen LogP contribution is 2.54. The summed E-state index contributed by atoms with van der Waals surface area (Å²) >= 11 is 0. The summed E-state index contributed by atoms with van der Waals surface area (Å²) in [7, 11) is 1.37. The van der Waals surface area contributed by atoms with Crippen LogP contribution in [-0.4, -0.2) is 65.6 Å². The van der Waals surface area contributed by atoms with E-state index in [1.165, 1.54) is 12.7 Å². The average Bonchev–Trinajstić information content (AvgIpc) is 4.06. The van der Waals surface area contributed by atoms with Gasteiger partial charge in [-0.25, -0.2) is 0 Å². The van der Waals surface area contributed by atoms with E-state index in [2.05, 4.69) is 53.8 Å². The SMILES string of the molecule is CCC(=O)[C@@H](NC(=O)[C@@H]1[C@@H]2CC[C@@H](C2)[C@H]1C1=NC=C(c2ccc(-c3ccc(C4=CN=C([C@@H]5CCCN5C(=O)[C@@H](CC(=O)OC)C(C)C)C4)cc3)cc2)C1)C(C)C. The van der Waals surface area contributed by atoms with Crippen LogP contribution in [0.25, 0.3) is 22.3 Å². The second-order valence-corrected chi connectivity index (χ2v) is 17.3. The molecule has 9 heteroatoms. The average molecular weight is 759 g/mol. The zero-order valence-corrected chi connectivity index (χ0v) is 33.9. The van der Waals surface area contributed by atoms with Gasteiger partial charge in [-0.3, -0.25) is 29.2 Å². The zero-order chi connectivity index (χ0) is 39.7. The van der Waals surface area contributed by atoms with Gasteiger partial charge >= 0.3 is 5.97 Å². The van der Waals surface area contributed by atoms with Crippen LogP contribution >= 0.6 is 0 Å². The highest BCUT2D eigenvalue weighted by Gasteiger charge is 2.53. The molecule has 2 aromatic rings. The normalized spacial score (nSPS) is 25.2. The number of ketones is 1. The molecular formula is C47H58N4O5. The molecule has 2 aliphatic carbocycles. The van der Waals surface area contributed by atoms with Crippen molar-refractivity contribution in [1.82, 2.24) is 10.2 Å². The van der Waals surface area contributed by atoms with Gasteiger partial charge in [-0.05, 0) is 89.2 Å². The summed E-state index contributed by atoms with van der Waals surface area (Å²) in [4.78, 5) is 63.8. The Bertz CT molecular complexity index is 1960. The van der Waals surface area contributed by atoms with Crippen LogP contribution in [-0.2, 0) is 23.9 Å². The molecule has 5 aliphatic rings. The number of Topliss-reactive ketones (excluding diaryl/α,β-unsaturated/α-hetero) is 1. The number of benzene rings is 2. The van der Waals surface area contributed by atoms with Crippen LogP contribution in [0.4, 0.5) is 0 Å². The lowest BCUT2D eigenvalue weighted by molar-refractivity contribution is -0.148. The topological polar surface area (TPSA) is 117 Å². The number of amides is 2. The maximum Gasteiger partial charge on any atom is 0.306 e. The van der Waals surface area contributed by atoms with E-state index in [-0.39, 0.29) is 59.7 Å². The summed E-state index contributed by atoms with van der Waals surface area (Å²) < 4.78 is 4.89. The minimum atomic E-state index is -0.431. The van der Waals surface area contributed by atoms with Gasteiger partial charge in [0, 0.05) is 61.5 Å². The Kier molecular flexibility index (Phi) is 11.9. The van der Waals surface area contributed by atoms with Gasteiger partial charge in [0.25, 0.3) is 0 Å². The number of allylic oxidation sites excluding steroid dienone is 2. The molecule has 1 saturated heterocycles. The van der Waals surface area contributed by atoms with Crippen LogP contribution in [0, 0.1) is 41.4 Å². The van der Waals surface area contributed by atoms with Crippen LogP contribution < -0.4 is 5.32 Å². The number of carbonyl (C=O) groups excluding carboxylic acids is 4. The monoisotopic (exact) mass is 758 g/mol. The van der Waals surface area contributed by atoms with Crippen LogP contribution in [0.15, 0.2) is 70.9 Å². The Balaban J connectivity index is 0.951. The van der Waals surface area contributed by atoms with Gasteiger partial charge in [0.1, 0.15) is 0 Å². The smallest absolute Gasteiger partial charge is 0.306 e. The van der Waals surface area contributed by atoms with E-state index in [4.69, 9.17) is 14.7 Å². The number of hydrogen-bond acceptors (Lipinski definition) is 7. The fourth-order valence-corrected chi connectivity index (χ4v) is 10.1. The number of nitrogens with one attached hydrogen (secondary N) is 1. The second-order valence-electron chi connectivity index (χ2n) is 17.3. The molecule has 3 aliphatic heterocycles. The highest BCUT2D eigenvalue weighted by molar-refractivity contribution is 6.04. The fraction of sp³-hybridized carbons (Fsp3) is 0.532. The van der Waals surface area contributed by atoms with E-state index in [1.807, 2.05) is 51.9 Å². The Morgan fingerprint density at radius 2 is 1.36 bits per heavy atom. The van der Waals surface area contributed by atoms with Crippen molar-refractivity contribution in [1.29, 1.82) is 0 Å². The predicted molar refractivity (Wildman–Crippen MR) is 222 cm³/mol. The van der Waals surface area contributed by atoms with E-state index < -0.39 is 12.0 Å². The maximum atomic E-state index is 13.8. The third kappa shape index (κ3) is 7.96. The van der Waals surface area contributed by atoms with Crippen molar-refractivity contribution in [2.45, 2.75) is 104 Å². The number of nitrogens with zero attached hydrogens (tertiary/aromatic N) is 3. The summed E-state index contributed by atoms with van der Waals surface area (Å²) in [6.07, 6.45) is 11.0. The third-order valence-electron chi connectivity index (χ3n) is 13.3. The number of likely N-dealkylation sites (tertiary alicyclic amines) is 1. The molecule has 1 N–H and O–H groups in total. The molecule has 0 unspecified atom stereocenters. The van der Waals surface area contributed by atoms with Crippen molar-refractivity contribution < 1.29 is 23.9 Å². The summed E-state index contributed by atoms with van der Waals surface area (Å²) in [5, 5.41) is 3.17. The Morgan fingerprint density at radius 1 is 0.786 bits per heavy atom. The maximum absolute atomic E-state index is 13.8. The molecule has 9 nitrogen and oxygen atoms in total. The molecule has 56 heavy (non-hydrogen) atoms. The third-order valence-corrected chi connectivity index (χ3v) is 13.3. The Hall–Kier alpha value is -4.66. The molecule has 7 atom stereocenters. The first-order chi connectivity index (χ1) is 27.0. The van der Waals surface area contributed by atoms with Crippen LogP contribution in [0.3, 0.4) is 0 Å². The van der Waals surface area contributed by atoms with Crippen LogP contribution in [0.1, 0.15) is 104 Å². The van der Waals surface area contributed by atoms with E-state index in [1.54, 1.807) is 0 Å². The van der Waals surface area contributed by atoms with Gasteiger partial charge in [-0.1, -0.05) is 83.1 Å². The van der Waals surface area contributed by atoms with Crippen molar-refractivity contribution in [3.63, 3.8) is 0 Å². The Labute approximate surface area is 332 Å². The van der Waals surface area contributed by atoms with Crippen LogP contribution in [0.5, 0.6) is 0 Å². The lowest BCUT2D eigenvalue weighted by atomic mass is 9.74. The number of fused-ring (bicyclic) bond motifs is 2. The number of aliphatic imine (C=N–C) groups is 2. The predicted octanol–water partition coefficient (Wildman–Crippen LogP) is 8.33. The summed E-state index contributed by atoms with van der Waals surface area (Å²) in [5.41, 5.74) is 8.99. The summed E-state index contributed by atoms with van der Waals surface area (Å²) in [6, 6.07) is 16.8. The standard InChI is InChI=1S/C47H58N4O5/c1-7-41(52)45(28(4)5)50-46(54)44-34-19-18-33(21-34)43(44)39-23-36(26-49-39)32-16-12-30(13-17-32)29-10-14-31(15-11-29)35-22-38(48-25-35)40-9-8-20-51(40)47(55)37(27(2)3)24-42(53)56-6/h10-17,25-28,33-34,37,40,43-45H,7-9,18-24H2,1-6H3,(H,50,54)/t33-,34+,37-,40-,43-,44+,45-/m0/s1. The van der Waals surface area contributed by atoms with Gasteiger partial charge in [0.2, 0.25) is 11.8 Å². The van der Waals surface area contributed by atoms with E-state index in [0.717, 1.165) is 77.8 Å². The first kappa shape index (κ1) is 39.6. The largest absolute Gasteiger partial charge is 0.469 e. The molecule has 3 fully saturated rings. The van der Waals surface area contributed by atoms with E-state index in [0.29, 0.717) is 31.2 Å². The molecule has 0 radical (unpaired) electrons. The first-order valence-corrected chi connectivity index (χ1v) is 20.9. The van der Waals surface area contributed by atoms with Gasteiger partial charge < -0.3 is 15.0 Å². The van der Waals surface area contributed by atoms with E-state index >= 15 is 0 Å². The highest BCUT2D eigenvalue weighted by atomic mass is 16.5. The lowest BCUT2D eigenvalue weighted by Crippen LogP contribution is -2.49. The lowest BCUT2D eigenvalue weighted by Gasteiger charge is -2.32. The van der Waals surface area contributed by atoms with E-state index in [9.17, 15) is 19.2 Å². The minimum Gasteiger partial charge on any atom is -0.469 e. The number of carbonyl (C=O) groups is 4. The van der Waals surface area contributed by atoms with Crippen LogP contribution in [0.2, 0.25) is 0 Å². The molecular weight excluding hydrogens is 701 g/mol. The van der Waals surface area contributed by atoms with Gasteiger partial charge in [-0.2, -0.15) is 0 Å². The molecule has 3 heterocycles. The molecule has 0 aromatic heterocycles. The number of methoxy groups -OCH3 is 1. The quantitative estimate of drug-likeness (QED) is 0.195. The zero-order valence-electron chi connectivity index (χ0n) is 33.9. The molecule has 2 amide bonds. The molecule has 2 saturated carbocycles. The van der Waals surface area contributed by atoms with Crippen molar-refractivity contribution in [2.24, 2.45) is 51.4 Å². The first-order valence-electron chi connectivity index (χ1n) is 20.9. The summed E-state index contributed by atoms with van der Waals surface area (Å²) in [6.45, 7) is 10.5. The van der Waals surface area contributed by atoms with Crippen molar-refractivity contribution >= 4 is 46.1 Å². The molecule has 296 valence electrons. The molecule has 2 bridgehead atoms. The molecule has 2 aromatic carbocycles. The minimum absolute atomic E-state index is 0.0209. The number of esters is 1. The van der Waals surface area contributed by atoms with Crippen molar-refractivity contribution in [3.8, 4) is 11.1 Å². The second kappa shape index (κ2) is 16.8.